The molecule has 0 saturated heterocycles. The van der Waals surface area contributed by atoms with Crippen LogP contribution in [0.3, 0.4) is 0 Å². The SMILES string of the molecule is C#CC(C)(C)NC(=O)C1=COCC1. The first-order chi connectivity index (χ1) is 6.05. The summed E-state index contributed by atoms with van der Waals surface area (Å²) in [6.45, 7) is 4.14. The topological polar surface area (TPSA) is 38.3 Å². The predicted octanol–water partition coefficient (Wildman–Crippen LogP) is 0.819. The molecule has 0 bridgehead atoms. The summed E-state index contributed by atoms with van der Waals surface area (Å²) in [6, 6.07) is 0. The molecular formula is C10H13NO2. The molecule has 1 aliphatic heterocycles. The van der Waals surface area contributed by atoms with Crippen molar-refractivity contribution < 1.29 is 9.53 Å². The maximum absolute atomic E-state index is 11.5. The Bertz CT molecular complexity index is 284. The highest BCUT2D eigenvalue weighted by molar-refractivity contribution is 5.94. The molecule has 0 aromatic rings. The van der Waals surface area contributed by atoms with Gasteiger partial charge < -0.3 is 10.1 Å². The largest absolute Gasteiger partial charge is 0.500 e. The number of amides is 1. The van der Waals surface area contributed by atoms with E-state index in [2.05, 4.69) is 11.2 Å². The molecule has 0 saturated carbocycles. The third kappa shape index (κ3) is 2.51. The van der Waals surface area contributed by atoms with Crippen molar-refractivity contribution >= 4 is 5.91 Å². The molecular weight excluding hydrogens is 166 g/mol. The Balaban J connectivity index is 2.56. The summed E-state index contributed by atoms with van der Waals surface area (Å²) in [7, 11) is 0. The van der Waals surface area contributed by atoms with Gasteiger partial charge in [-0.05, 0) is 13.8 Å². The van der Waals surface area contributed by atoms with E-state index in [-0.39, 0.29) is 5.91 Å². The van der Waals surface area contributed by atoms with Crippen molar-refractivity contribution in [3.8, 4) is 12.3 Å². The summed E-state index contributed by atoms with van der Waals surface area (Å²) in [5.74, 6) is 2.36. The van der Waals surface area contributed by atoms with Crippen LogP contribution in [0, 0.1) is 12.3 Å². The molecule has 1 N–H and O–H groups in total. The second-order valence-corrected chi connectivity index (χ2v) is 3.49. The molecule has 3 heteroatoms. The van der Waals surface area contributed by atoms with Gasteiger partial charge in [0.15, 0.2) is 0 Å². The van der Waals surface area contributed by atoms with Crippen molar-refractivity contribution in [2.45, 2.75) is 25.8 Å². The lowest BCUT2D eigenvalue weighted by Crippen LogP contribution is -2.42. The van der Waals surface area contributed by atoms with Crippen LogP contribution in [0.4, 0.5) is 0 Å². The van der Waals surface area contributed by atoms with Crippen LogP contribution < -0.4 is 5.32 Å². The zero-order chi connectivity index (χ0) is 9.90. The van der Waals surface area contributed by atoms with E-state index >= 15 is 0 Å². The Morgan fingerprint density at radius 3 is 2.92 bits per heavy atom. The molecule has 0 aromatic carbocycles. The number of hydrogen-bond acceptors (Lipinski definition) is 2. The van der Waals surface area contributed by atoms with E-state index in [1.165, 1.54) is 6.26 Å². The molecule has 1 amide bonds. The van der Waals surface area contributed by atoms with Crippen LogP contribution in [0.1, 0.15) is 20.3 Å². The molecule has 0 aromatic heterocycles. The van der Waals surface area contributed by atoms with Gasteiger partial charge in [-0.25, -0.2) is 0 Å². The smallest absolute Gasteiger partial charge is 0.251 e. The molecule has 1 rings (SSSR count). The van der Waals surface area contributed by atoms with Gasteiger partial charge in [0.1, 0.15) is 0 Å². The Morgan fingerprint density at radius 1 is 1.77 bits per heavy atom. The average molecular weight is 179 g/mol. The third-order valence-electron chi connectivity index (χ3n) is 1.79. The molecule has 0 fully saturated rings. The molecule has 0 unspecified atom stereocenters. The summed E-state index contributed by atoms with van der Waals surface area (Å²) in [6.07, 6.45) is 7.39. The number of terminal acetylenes is 1. The van der Waals surface area contributed by atoms with Crippen LogP contribution in [0.25, 0.3) is 0 Å². The van der Waals surface area contributed by atoms with Crippen LogP contribution >= 0.6 is 0 Å². The van der Waals surface area contributed by atoms with Crippen LogP contribution in [-0.2, 0) is 9.53 Å². The maximum atomic E-state index is 11.5. The highest BCUT2D eigenvalue weighted by atomic mass is 16.5. The summed E-state index contributed by atoms with van der Waals surface area (Å²) >= 11 is 0. The Kier molecular flexibility index (Phi) is 2.62. The van der Waals surface area contributed by atoms with Gasteiger partial charge in [-0.3, -0.25) is 4.79 Å². The molecule has 1 heterocycles. The first kappa shape index (κ1) is 9.66. The zero-order valence-electron chi connectivity index (χ0n) is 7.89. The van der Waals surface area contributed by atoms with Crippen molar-refractivity contribution in [3.05, 3.63) is 11.8 Å². The molecule has 13 heavy (non-hydrogen) atoms. The van der Waals surface area contributed by atoms with Crippen molar-refractivity contribution in [3.63, 3.8) is 0 Å². The van der Waals surface area contributed by atoms with Gasteiger partial charge in [-0.1, -0.05) is 5.92 Å². The molecule has 3 nitrogen and oxygen atoms in total. The minimum atomic E-state index is -0.597. The lowest BCUT2D eigenvalue weighted by atomic mass is 10.1. The predicted molar refractivity (Wildman–Crippen MR) is 49.7 cm³/mol. The van der Waals surface area contributed by atoms with Gasteiger partial charge in [-0.2, -0.15) is 0 Å². The molecule has 0 radical (unpaired) electrons. The first-order valence-electron chi connectivity index (χ1n) is 4.16. The fourth-order valence-electron chi connectivity index (χ4n) is 0.955. The summed E-state index contributed by atoms with van der Waals surface area (Å²) < 4.78 is 4.95. The van der Waals surface area contributed by atoms with Crippen molar-refractivity contribution in [2.75, 3.05) is 6.61 Å². The minimum Gasteiger partial charge on any atom is -0.500 e. The second kappa shape index (κ2) is 3.53. The van der Waals surface area contributed by atoms with E-state index in [0.717, 1.165) is 0 Å². The number of nitrogens with one attached hydrogen (secondary N) is 1. The monoisotopic (exact) mass is 179 g/mol. The van der Waals surface area contributed by atoms with E-state index in [9.17, 15) is 4.79 Å². The quantitative estimate of drug-likeness (QED) is 0.637. The summed E-state index contributed by atoms with van der Waals surface area (Å²) in [4.78, 5) is 11.5. The highest BCUT2D eigenvalue weighted by Gasteiger charge is 2.21. The fourth-order valence-corrected chi connectivity index (χ4v) is 0.955. The van der Waals surface area contributed by atoms with E-state index in [0.29, 0.717) is 18.6 Å². The average Bonchev–Trinajstić information content (AvgIpc) is 2.55. The van der Waals surface area contributed by atoms with Gasteiger partial charge in [0, 0.05) is 6.42 Å². The van der Waals surface area contributed by atoms with Crippen LogP contribution in [0.2, 0.25) is 0 Å². The van der Waals surface area contributed by atoms with Gasteiger partial charge in [0.05, 0.1) is 24.0 Å². The fraction of sp³-hybridized carbons (Fsp3) is 0.500. The van der Waals surface area contributed by atoms with Crippen molar-refractivity contribution in [2.24, 2.45) is 0 Å². The Hall–Kier alpha value is -1.43. The summed E-state index contributed by atoms with van der Waals surface area (Å²) in [5, 5.41) is 2.72. The number of carbonyl (C=O) groups is 1. The number of ether oxygens (including phenoxy) is 1. The lowest BCUT2D eigenvalue weighted by molar-refractivity contribution is -0.118. The van der Waals surface area contributed by atoms with Crippen LogP contribution in [0.5, 0.6) is 0 Å². The van der Waals surface area contributed by atoms with Crippen molar-refractivity contribution in [1.82, 2.24) is 5.32 Å². The molecule has 70 valence electrons. The van der Waals surface area contributed by atoms with Gasteiger partial charge in [0.2, 0.25) is 0 Å². The highest BCUT2D eigenvalue weighted by Crippen LogP contribution is 2.11. The standard InChI is InChI=1S/C10H13NO2/c1-4-10(2,3)11-9(12)8-5-6-13-7-8/h1,7H,5-6H2,2-3H3,(H,11,12). The lowest BCUT2D eigenvalue weighted by Gasteiger charge is -2.19. The molecule has 1 aliphatic rings. The van der Waals surface area contributed by atoms with Gasteiger partial charge in [0.25, 0.3) is 5.91 Å². The second-order valence-electron chi connectivity index (χ2n) is 3.49. The Morgan fingerprint density at radius 2 is 2.46 bits per heavy atom. The van der Waals surface area contributed by atoms with Gasteiger partial charge in [-0.15, -0.1) is 6.42 Å². The summed E-state index contributed by atoms with van der Waals surface area (Å²) in [5.41, 5.74) is 0.0591. The van der Waals surface area contributed by atoms with Crippen LogP contribution in [-0.4, -0.2) is 18.1 Å². The van der Waals surface area contributed by atoms with E-state index in [1.807, 2.05) is 0 Å². The van der Waals surface area contributed by atoms with E-state index in [1.54, 1.807) is 13.8 Å². The van der Waals surface area contributed by atoms with E-state index in [4.69, 9.17) is 11.2 Å². The number of rotatable bonds is 2. The molecule has 0 aliphatic carbocycles. The van der Waals surface area contributed by atoms with E-state index < -0.39 is 5.54 Å². The molecule has 0 spiro atoms. The third-order valence-corrected chi connectivity index (χ3v) is 1.79. The van der Waals surface area contributed by atoms with Crippen molar-refractivity contribution in [1.29, 1.82) is 0 Å². The maximum Gasteiger partial charge on any atom is 0.251 e. The number of hydrogen-bond donors (Lipinski definition) is 1. The normalized spacial score (nSPS) is 15.6. The molecule has 0 atom stereocenters. The number of carbonyl (C=O) groups excluding carboxylic acids is 1. The van der Waals surface area contributed by atoms with Gasteiger partial charge >= 0.3 is 0 Å². The van der Waals surface area contributed by atoms with Crippen LogP contribution in [0.15, 0.2) is 11.8 Å². The Labute approximate surface area is 78.2 Å². The first-order valence-corrected chi connectivity index (χ1v) is 4.16. The zero-order valence-corrected chi connectivity index (χ0v) is 7.89. The minimum absolute atomic E-state index is 0.138.